The highest BCUT2D eigenvalue weighted by Gasteiger charge is 1.90. The third-order valence-corrected chi connectivity index (χ3v) is 1.56. The van der Waals surface area contributed by atoms with Crippen molar-refractivity contribution in [3.05, 3.63) is 35.7 Å². The lowest BCUT2D eigenvalue weighted by Crippen LogP contribution is -2.21. The fourth-order valence-electron chi connectivity index (χ4n) is 0.936. The second-order valence-electron chi connectivity index (χ2n) is 2.68. The van der Waals surface area contributed by atoms with Gasteiger partial charge in [-0.3, -0.25) is 5.41 Å². The van der Waals surface area contributed by atoms with Gasteiger partial charge >= 0.3 is 0 Å². The molecule has 3 nitrogen and oxygen atoms in total. The summed E-state index contributed by atoms with van der Waals surface area (Å²) < 4.78 is 1.80. The van der Waals surface area contributed by atoms with Crippen molar-refractivity contribution in [2.75, 3.05) is 0 Å². The Bertz CT molecular complexity index is 336. The topological polar surface area (TPSA) is 41.7 Å². The molecule has 0 spiro atoms. The van der Waals surface area contributed by atoms with Gasteiger partial charge in [0.15, 0.2) is 0 Å². The normalized spacial score (nSPS) is 10.8. The SMILES string of the molecule is C/C=C\Cn1cc(C)cnc1=N. The standard InChI is InChI=1S/C9H13N3/c1-3-4-5-12-7-8(2)6-11-9(12)10/h3-4,6-7,10H,5H2,1-2H3/b4-3-,10-9?. The molecule has 0 aliphatic carbocycles. The molecule has 0 bridgehead atoms. The van der Waals surface area contributed by atoms with E-state index in [0.717, 1.165) is 12.1 Å². The summed E-state index contributed by atoms with van der Waals surface area (Å²) in [6.07, 6.45) is 7.60. The second kappa shape index (κ2) is 3.85. The highest BCUT2D eigenvalue weighted by atomic mass is 15.0. The van der Waals surface area contributed by atoms with Crippen LogP contribution in [0.4, 0.5) is 0 Å². The molecule has 1 rings (SSSR count). The molecule has 3 heteroatoms. The van der Waals surface area contributed by atoms with E-state index < -0.39 is 0 Å². The number of allylic oxidation sites excluding steroid dienone is 2. The lowest BCUT2D eigenvalue weighted by molar-refractivity contribution is 0.701. The second-order valence-corrected chi connectivity index (χ2v) is 2.68. The van der Waals surface area contributed by atoms with Crippen molar-refractivity contribution < 1.29 is 0 Å². The van der Waals surface area contributed by atoms with Crippen LogP contribution in [0.1, 0.15) is 12.5 Å². The van der Waals surface area contributed by atoms with E-state index in [1.165, 1.54) is 0 Å². The number of nitrogens with one attached hydrogen (secondary N) is 1. The summed E-state index contributed by atoms with van der Waals surface area (Å²) >= 11 is 0. The molecule has 1 aromatic rings. The van der Waals surface area contributed by atoms with Crippen molar-refractivity contribution in [2.45, 2.75) is 20.4 Å². The van der Waals surface area contributed by atoms with Gasteiger partial charge in [0.25, 0.3) is 0 Å². The molecule has 0 saturated carbocycles. The molecule has 1 N–H and O–H groups in total. The third-order valence-electron chi connectivity index (χ3n) is 1.56. The van der Waals surface area contributed by atoms with E-state index >= 15 is 0 Å². The van der Waals surface area contributed by atoms with Gasteiger partial charge in [-0.1, -0.05) is 12.2 Å². The van der Waals surface area contributed by atoms with Gasteiger partial charge < -0.3 is 4.57 Å². The van der Waals surface area contributed by atoms with Gasteiger partial charge in [0.05, 0.1) is 0 Å². The van der Waals surface area contributed by atoms with Crippen molar-refractivity contribution in [1.82, 2.24) is 9.55 Å². The number of nitrogens with zero attached hydrogens (tertiary/aromatic N) is 2. The molecule has 0 aromatic carbocycles. The van der Waals surface area contributed by atoms with E-state index in [4.69, 9.17) is 5.41 Å². The molecular formula is C9H13N3. The zero-order valence-corrected chi connectivity index (χ0v) is 7.41. The van der Waals surface area contributed by atoms with E-state index in [1.54, 1.807) is 10.8 Å². The van der Waals surface area contributed by atoms with E-state index in [9.17, 15) is 0 Å². The Kier molecular flexibility index (Phi) is 2.80. The first-order valence-corrected chi connectivity index (χ1v) is 3.93. The highest BCUT2D eigenvalue weighted by molar-refractivity contribution is 5.00. The highest BCUT2D eigenvalue weighted by Crippen LogP contribution is 1.89. The Balaban J connectivity index is 2.97. The molecule has 0 saturated heterocycles. The molecule has 0 unspecified atom stereocenters. The van der Waals surface area contributed by atoms with Crippen LogP contribution in [0.15, 0.2) is 24.5 Å². The first-order chi connectivity index (χ1) is 5.74. The summed E-state index contributed by atoms with van der Waals surface area (Å²) in [6.45, 7) is 4.66. The van der Waals surface area contributed by atoms with Crippen LogP contribution in [0.2, 0.25) is 0 Å². The lowest BCUT2D eigenvalue weighted by Gasteiger charge is -2.02. The molecule has 0 fully saturated rings. The Hall–Kier alpha value is -1.38. The van der Waals surface area contributed by atoms with Crippen molar-refractivity contribution in [2.24, 2.45) is 0 Å². The van der Waals surface area contributed by atoms with Crippen LogP contribution >= 0.6 is 0 Å². The van der Waals surface area contributed by atoms with Crippen molar-refractivity contribution in [3.8, 4) is 0 Å². The smallest absolute Gasteiger partial charge is 0.222 e. The molecule has 0 amide bonds. The van der Waals surface area contributed by atoms with Gasteiger partial charge in [0.1, 0.15) is 0 Å². The van der Waals surface area contributed by atoms with Crippen LogP contribution < -0.4 is 5.62 Å². The molecule has 0 radical (unpaired) electrons. The largest absolute Gasteiger partial charge is 0.314 e. The minimum atomic E-state index is 0.304. The lowest BCUT2D eigenvalue weighted by atomic mass is 10.4. The number of hydrogen-bond acceptors (Lipinski definition) is 2. The average Bonchev–Trinajstić information content (AvgIpc) is 2.07. The maximum Gasteiger partial charge on any atom is 0.222 e. The van der Waals surface area contributed by atoms with E-state index in [1.807, 2.05) is 32.2 Å². The minimum Gasteiger partial charge on any atom is -0.314 e. The Morgan fingerprint density at radius 1 is 1.67 bits per heavy atom. The van der Waals surface area contributed by atoms with Crippen molar-refractivity contribution in [3.63, 3.8) is 0 Å². The first kappa shape index (κ1) is 8.71. The summed E-state index contributed by atoms with van der Waals surface area (Å²) in [6, 6.07) is 0. The van der Waals surface area contributed by atoms with Gasteiger partial charge in [0.2, 0.25) is 5.62 Å². The fraction of sp³-hybridized carbons (Fsp3) is 0.333. The summed E-state index contributed by atoms with van der Waals surface area (Å²) in [5.41, 5.74) is 1.38. The molecule has 0 aliphatic heterocycles. The average molecular weight is 163 g/mol. The molecular weight excluding hydrogens is 150 g/mol. The summed E-state index contributed by atoms with van der Waals surface area (Å²) in [5.74, 6) is 0. The number of aromatic nitrogens is 2. The molecule has 0 atom stereocenters. The zero-order valence-electron chi connectivity index (χ0n) is 7.41. The minimum absolute atomic E-state index is 0.304. The summed E-state index contributed by atoms with van der Waals surface area (Å²) in [7, 11) is 0. The van der Waals surface area contributed by atoms with E-state index in [-0.39, 0.29) is 0 Å². The molecule has 1 heterocycles. The fourth-order valence-corrected chi connectivity index (χ4v) is 0.936. The van der Waals surface area contributed by atoms with Crippen LogP contribution in [0, 0.1) is 12.3 Å². The van der Waals surface area contributed by atoms with Crippen LogP contribution in [0.3, 0.4) is 0 Å². The van der Waals surface area contributed by atoms with Crippen LogP contribution in [0.5, 0.6) is 0 Å². The summed E-state index contributed by atoms with van der Waals surface area (Å²) in [5, 5.41) is 7.46. The Labute approximate surface area is 71.9 Å². The molecule has 64 valence electrons. The maximum atomic E-state index is 7.46. The predicted octanol–water partition coefficient (Wildman–Crippen LogP) is 1.25. The van der Waals surface area contributed by atoms with Gasteiger partial charge in [-0.05, 0) is 19.4 Å². The van der Waals surface area contributed by atoms with Gasteiger partial charge in [-0.25, -0.2) is 4.98 Å². The Morgan fingerprint density at radius 3 is 3.08 bits per heavy atom. The van der Waals surface area contributed by atoms with E-state index in [2.05, 4.69) is 4.98 Å². The van der Waals surface area contributed by atoms with E-state index in [0.29, 0.717) is 5.62 Å². The maximum absolute atomic E-state index is 7.46. The summed E-state index contributed by atoms with van der Waals surface area (Å²) in [4.78, 5) is 3.93. The number of aryl methyl sites for hydroxylation is 1. The molecule has 1 aromatic heterocycles. The quantitative estimate of drug-likeness (QED) is 0.655. The van der Waals surface area contributed by atoms with Gasteiger partial charge in [-0.2, -0.15) is 0 Å². The predicted molar refractivity (Wildman–Crippen MR) is 47.6 cm³/mol. The monoisotopic (exact) mass is 163 g/mol. The molecule has 12 heavy (non-hydrogen) atoms. The number of hydrogen-bond donors (Lipinski definition) is 1. The first-order valence-electron chi connectivity index (χ1n) is 3.93. The Morgan fingerprint density at radius 2 is 2.42 bits per heavy atom. The van der Waals surface area contributed by atoms with Crippen molar-refractivity contribution in [1.29, 1.82) is 5.41 Å². The van der Waals surface area contributed by atoms with Crippen molar-refractivity contribution >= 4 is 0 Å². The number of rotatable bonds is 2. The van der Waals surface area contributed by atoms with Crippen LogP contribution in [-0.4, -0.2) is 9.55 Å². The zero-order chi connectivity index (χ0) is 8.97. The molecule has 0 aliphatic rings. The van der Waals surface area contributed by atoms with Crippen LogP contribution in [-0.2, 0) is 6.54 Å². The van der Waals surface area contributed by atoms with Gasteiger partial charge in [-0.15, -0.1) is 0 Å². The van der Waals surface area contributed by atoms with Gasteiger partial charge in [0, 0.05) is 18.9 Å². The van der Waals surface area contributed by atoms with Crippen LogP contribution in [0.25, 0.3) is 0 Å². The third kappa shape index (κ3) is 2.05.